The zero-order valence-corrected chi connectivity index (χ0v) is 17.3. The Kier molecular flexibility index (Phi) is 8.33. The maximum atomic E-state index is 12.8. The fourth-order valence-corrected chi connectivity index (χ4v) is 2.90. The number of amides is 2. The molecule has 0 aliphatic heterocycles. The third kappa shape index (κ3) is 6.57. The van der Waals surface area contributed by atoms with Gasteiger partial charge in [0.25, 0.3) is 0 Å². The number of likely N-dealkylation sites (N-methyl/N-ethyl adjacent to an activating group) is 1. The number of aryl methyl sites for hydroxylation is 1. The van der Waals surface area contributed by atoms with Crippen molar-refractivity contribution in [2.24, 2.45) is 0 Å². The third-order valence-electron chi connectivity index (χ3n) is 4.50. The van der Waals surface area contributed by atoms with Crippen LogP contribution in [0.25, 0.3) is 0 Å². The standard InChI is InChI=1S/C22H27ClN2O3/c1-16-6-8-18(9-7-16)15-25(17(2)22(27)24-3)21(26)5-4-14-28-20-12-10-19(23)11-13-20/h6-13,17H,4-5,14-15H2,1-3H3,(H,24,27). The molecule has 0 aliphatic rings. The van der Waals surface area contributed by atoms with Crippen molar-refractivity contribution in [3.63, 3.8) is 0 Å². The van der Waals surface area contributed by atoms with E-state index in [-0.39, 0.29) is 11.8 Å². The topological polar surface area (TPSA) is 58.6 Å². The number of nitrogens with zero attached hydrogens (tertiary/aromatic N) is 1. The van der Waals surface area contributed by atoms with E-state index in [2.05, 4.69) is 5.32 Å². The molecule has 2 rings (SSSR count). The summed E-state index contributed by atoms with van der Waals surface area (Å²) in [6.07, 6.45) is 0.868. The minimum atomic E-state index is -0.545. The zero-order chi connectivity index (χ0) is 20.5. The number of hydrogen-bond donors (Lipinski definition) is 1. The predicted molar refractivity (Wildman–Crippen MR) is 111 cm³/mol. The second-order valence-electron chi connectivity index (χ2n) is 6.70. The molecule has 2 aromatic rings. The van der Waals surface area contributed by atoms with Crippen LogP contribution in [0.2, 0.25) is 5.02 Å². The average Bonchev–Trinajstić information content (AvgIpc) is 2.70. The first-order valence-electron chi connectivity index (χ1n) is 9.35. The summed E-state index contributed by atoms with van der Waals surface area (Å²) in [5, 5.41) is 3.27. The van der Waals surface area contributed by atoms with Crippen molar-refractivity contribution in [3.8, 4) is 5.75 Å². The van der Waals surface area contributed by atoms with Gasteiger partial charge in [0.05, 0.1) is 6.61 Å². The van der Waals surface area contributed by atoms with Gasteiger partial charge < -0.3 is 15.0 Å². The van der Waals surface area contributed by atoms with Gasteiger partial charge in [-0.3, -0.25) is 9.59 Å². The van der Waals surface area contributed by atoms with Crippen LogP contribution in [0.5, 0.6) is 5.75 Å². The lowest BCUT2D eigenvalue weighted by Crippen LogP contribution is -2.46. The molecular weight excluding hydrogens is 376 g/mol. The molecular formula is C22H27ClN2O3. The van der Waals surface area contributed by atoms with E-state index in [0.717, 1.165) is 11.1 Å². The molecule has 5 nitrogen and oxygen atoms in total. The molecule has 2 amide bonds. The first-order chi connectivity index (χ1) is 13.4. The highest BCUT2D eigenvalue weighted by Gasteiger charge is 2.25. The third-order valence-corrected chi connectivity index (χ3v) is 4.76. The number of ether oxygens (including phenoxy) is 1. The van der Waals surface area contributed by atoms with Crippen LogP contribution in [0.1, 0.15) is 30.9 Å². The van der Waals surface area contributed by atoms with Crippen molar-refractivity contribution >= 4 is 23.4 Å². The summed E-state index contributed by atoms with van der Waals surface area (Å²) in [7, 11) is 1.58. The van der Waals surface area contributed by atoms with Crippen molar-refractivity contribution in [2.45, 2.75) is 39.3 Å². The molecule has 0 radical (unpaired) electrons. The van der Waals surface area contributed by atoms with E-state index in [0.29, 0.717) is 36.8 Å². The highest BCUT2D eigenvalue weighted by atomic mass is 35.5. The van der Waals surface area contributed by atoms with Crippen LogP contribution < -0.4 is 10.1 Å². The lowest BCUT2D eigenvalue weighted by Gasteiger charge is -2.28. The smallest absolute Gasteiger partial charge is 0.242 e. The number of benzene rings is 2. The van der Waals surface area contributed by atoms with E-state index in [4.69, 9.17) is 16.3 Å². The van der Waals surface area contributed by atoms with Crippen LogP contribution in [-0.4, -0.2) is 36.4 Å². The largest absolute Gasteiger partial charge is 0.494 e. The average molecular weight is 403 g/mol. The summed E-state index contributed by atoms with van der Waals surface area (Å²) in [6, 6.07) is 14.5. The Labute approximate surface area is 171 Å². The minimum absolute atomic E-state index is 0.0728. The van der Waals surface area contributed by atoms with E-state index < -0.39 is 6.04 Å². The summed E-state index contributed by atoms with van der Waals surface area (Å²) in [6.45, 7) is 4.57. The normalized spacial score (nSPS) is 11.6. The van der Waals surface area contributed by atoms with Gasteiger partial charge in [-0.15, -0.1) is 0 Å². The van der Waals surface area contributed by atoms with E-state index in [1.54, 1.807) is 43.1 Å². The summed E-state index contributed by atoms with van der Waals surface area (Å²) in [5.74, 6) is 0.460. The Morgan fingerprint density at radius 1 is 1.11 bits per heavy atom. The van der Waals surface area contributed by atoms with Gasteiger partial charge in [0, 0.05) is 25.0 Å². The van der Waals surface area contributed by atoms with Gasteiger partial charge in [0.2, 0.25) is 11.8 Å². The van der Waals surface area contributed by atoms with E-state index in [9.17, 15) is 9.59 Å². The minimum Gasteiger partial charge on any atom is -0.494 e. The summed E-state index contributed by atoms with van der Waals surface area (Å²) < 4.78 is 5.64. The SMILES string of the molecule is CNC(=O)C(C)N(Cc1ccc(C)cc1)C(=O)CCCOc1ccc(Cl)cc1. The van der Waals surface area contributed by atoms with E-state index in [1.165, 1.54) is 0 Å². The molecule has 0 aromatic heterocycles. The van der Waals surface area contributed by atoms with Crippen molar-refractivity contribution < 1.29 is 14.3 Å². The van der Waals surface area contributed by atoms with Crippen LogP contribution in [-0.2, 0) is 16.1 Å². The monoisotopic (exact) mass is 402 g/mol. The quantitative estimate of drug-likeness (QED) is 0.645. The zero-order valence-electron chi connectivity index (χ0n) is 16.6. The molecule has 1 N–H and O–H groups in total. The van der Waals surface area contributed by atoms with Gasteiger partial charge in [-0.05, 0) is 50.1 Å². The molecule has 0 spiro atoms. The Morgan fingerprint density at radius 3 is 2.36 bits per heavy atom. The van der Waals surface area contributed by atoms with Crippen molar-refractivity contribution in [2.75, 3.05) is 13.7 Å². The molecule has 1 atom stereocenters. The Morgan fingerprint density at radius 2 is 1.75 bits per heavy atom. The molecule has 0 aliphatic carbocycles. The molecule has 28 heavy (non-hydrogen) atoms. The first kappa shape index (κ1) is 21.8. The summed E-state index contributed by atoms with van der Waals surface area (Å²) >= 11 is 5.85. The molecule has 0 saturated carbocycles. The highest BCUT2D eigenvalue weighted by Crippen LogP contribution is 2.16. The molecule has 6 heteroatoms. The molecule has 0 fully saturated rings. The van der Waals surface area contributed by atoms with Crippen LogP contribution in [0.3, 0.4) is 0 Å². The number of hydrogen-bond acceptors (Lipinski definition) is 3. The number of carbonyl (C=O) groups excluding carboxylic acids is 2. The Hall–Kier alpha value is -2.53. The van der Waals surface area contributed by atoms with Gasteiger partial charge in [0.1, 0.15) is 11.8 Å². The van der Waals surface area contributed by atoms with Gasteiger partial charge >= 0.3 is 0 Å². The summed E-state index contributed by atoms with van der Waals surface area (Å²) in [5.41, 5.74) is 2.15. The maximum Gasteiger partial charge on any atom is 0.242 e. The van der Waals surface area contributed by atoms with Crippen molar-refractivity contribution in [3.05, 3.63) is 64.7 Å². The lowest BCUT2D eigenvalue weighted by atomic mass is 10.1. The molecule has 0 heterocycles. The molecule has 2 aromatic carbocycles. The van der Waals surface area contributed by atoms with Crippen molar-refractivity contribution in [1.82, 2.24) is 10.2 Å². The van der Waals surface area contributed by atoms with Crippen LogP contribution in [0.4, 0.5) is 0 Å². The fraction of sp³-hybridized carbons (Fsp3) is 0.364. The van der Waals surface area contributed by atoms with E-state index in [1.807, 2.05) is 31.2 Å². The molecule has 0 bridgehead atoms. The second-order valence-corrected chi connectivity index (χ2v) is 7.14. The number of rotatable bonds is 9. The second kappa shape index (κ2) is 10.7. The van der Waals surface area contributed by atoms with Crippen LogP contribution >= 0.6 is 11.6 Å². The lowest BCUT2D eigenvalue weighted by molar-refractivity contribution is -0.140. The Bertz CT molecular complexity index is 775. The van der Waals surface area contributed by atoms with Crippen molar-refractivity contribution in [1.29, 1.82) is 0 Å². The van der Waals surface area contributed by atoms with Gasteiger partial charge in [-0.1, -0.05) is 41.4 Å². The predicted octanol–water partition coefficient (Wildman–Crippen LogP) is 3.97. The van der Waals surface area contributed by atoms with Crippen LogP contribution in [0.15, 0.2) is 48.5 Å². The number of halogens is 1. The Balaban J connectivity index is 1.94. The van der Waals surface area contributed by atoms with Gasteiger partial charge in [0.15, 0.2) is 0 Å². The molecule has 0 saturated heterocycles. The first-order valence-corrected chi connectivity index (χ1v) is 9.73. The number of nitrogens with one attached hydrogen (secondary N) is 1. The maximum absolute atomic E-state index is 12.8. The van der Waals surface area contributed by atoms with Gasteiger partial charge in [-0.2, -0.15) is 0 Å². The van der Waals surface area contributed by atoms with Crippen LogP contribution in [0, 0.1) is 6.92 Å². The fourth-order valence-electron chi connectivity index (χ4n) is 2.77. The van der Waals surface area contributed by atoms with E-state index >= 15 is 0 Å². The van der Waals surface area contributed by atoms with Gasteiger partial charge in [-0.25, -0.2) is 0 Å². The number of carbonyl (C=O) groups is 2. The molecule has 1 unspecified atom stereocenters. The summed E-state index contributed by atoms with van der Waals surface area (Å²) in [4.78, 5) is 26.5. The highest BCUT2D eigenvalue weighted by molar-refractivity contribution is 6.30. The molecule has 150 valence electrons.